The minimum atomic E-state index is -3.68. The van der Waals surface area contributed by atoms with Crippen LogP contribution in [0.5, 0.6) is 17.2 Å². The van der Waals surface area contributed by atoms with E-state index in [1.165, 1.54) is 32.2 Å². The molecule has 2 aromatic carbocycles. The molecule has 0 heterocycles. The fraction of sp³-hybridized carbons (Fsp3) is 0.516. The summed E-state index contributed by atoms with van der Waals surface area (Å²) in [5.41, 5.74) is -3.05. The first-order chi connectivity index (χ1) is 20.6. The number of carbonyl (C=O) groups is 3. The summed E-state index contributed by atoms with van der Waals surface area (Å²) < 4.78 is 39.5. The summed E-state index contributed by atoms with van der Waals surface area (Å²) in [5, 5.41) is 45.3. The number of phenols is 2. The third kappa shape index (κ3) is 5.51. The molecule has 0 spiro atoms. The first-order valence-electron chi connectivity index (χ1n) is 14.4. The van der Waals surface area contributed by atoms with Crippen molar-refractivity contribution in [2.45, 2.75) is 69.9 Å². The molecule has 3 aliphatic carbocycles. The number of Topliss-reactive ketones (excluding diaryl/α,β-unsaturated/α-hetero) is 1. The van der Waals surface area contributed by atoms with Crippen LogP contribution in [0.3, 0.4) is 0 Å². The number of phenolic OH excluding ortho intramolecular Hbond substituents is 2. The average molecular weight is 633 g/mol. The van der Waals surface area contributed by atoms with Gasteiger partial charge in [0.2, 0.25) is 5.78 Å². The number of aliphatic hydroxyl groups excluding tert-OH is 1. The Balaban J connectivity index is 1.57. The van der Waals surface area contributed by atoms with E-state index in [4.69, 9.17) is 13.7 Å². The average Bonchev–Trinajstić information content (AvgIpc) is 2.94. The lowest BCUT2D eigenvalue weighted by molar-refractivity contribution is -0.148. The number of methoxy groups -OCH3 is 1. The summed E-state index contributed by atoms with van der Waals surface area (Å²) in [7, 11) is -2.34. The highest BCUT2D eigenvalue weighted by Crippen LogP contribution is 2.53. The lowest BCUT2D eigenvalue weighted by atomic mass is 9.71. The Bertz CT molecular complexity index is 1650. The molecule has 4 unspecified atom stereocenters. The molecule has 5 rings (SSSR count). The number of aromatic hydroxyl groups is 2. The highest BCUT2D eigenvalue weighted by molar-refractivity contribution is 7.85. The van der Waals surface area contributed by atoms with Crippen LogP contribution in [-0.4, -0.2) is 84.0 Å². The van der Waals surface area contributed by atoms with Crippen molar-refractivity contribution in [3.8, 4) is 17.2 Å². The van der Waals surface area contributed by atoms with E-state index in [0.29, 0.717) is 6.42 Å². The normalized spacial score (nSPS) is 28.2. The number of benzene rings is 2. The van der Waals surface area contributed by atoms with Crippen LogP contribution >= 0.6 is 0 Å². The standard InChI is InChI=1S/C31H36O12S/c1-14-10-17(11-16(26(14)33)8-9-42-44(4,39)40)43-21-13-31(38,15(2)32)12-19-23(21)30(37)25-24(28(19)35)27(34)18-6-5-7-20(41-3)22(18)29(25)36/h5-7,14,16-17,21,26,33,35,37-38H,8-13H2,1-4H3/t14?,16?,17?,21-,26?,31-/m0/s1. The molecule has 238 valence electrons. The lowest BCUT2D eigenvalue weighted by Gasteiger charge is -2.43. The zero-order chi connectivity index (χ0) is 32.3. The fourth-order valence-corrected chi connectivity index (χ4v) is 7.28. The number of ketones is 3. The number of fused-ring (bicyclic) bond motifs is 3. The third-order valence-corrected chi connectivity index (χ3v) is 9.74. The van der Waals surface area contributed by atoms with Crippen LogP contribution in [0.2, 0.25) is 0 Å². The minimum absolute atomic E-state index is 0.0117. The Morgan fingerprint density at radius 1 is 1.07 bits per heavy atom. The van der Waals surface area contributed by atoms with Gasteiger partial charge in [-0.2, -0.15) is 8.42 Å². The van der Waals surface area contributed by atoms with Crippen molar-refractivity contribution in [2.24, 2.45) is 11.8 Å². The van der Waals surface area contributed by atoms with Gasteiger partial charge in [0.1, 0.15) is 22.8 Å². The smallest absolute Gasteiger partial charge is 0.264 e. The summed E-state index contributed by atoms with van der Waals surface area (Å²) >= 11 is 0. The fourth-order valence-electron chi connectivity index (χ4n) is 6.88. The highest BCUT2D eigenvalue weighted by Gasteiger charge is 2.49. The summed E-state index contributed by atoms with van der Waals surface area (Å²) in [6.45, 7) is 2.85. The molecule has 0 amide bonds. The van der Waals surface area contributed by atoms with Crippen molar-refractivity contribution in [1.82, 2.24) is 0 Å². The molecule has 3 aliphatic rings. The van der Waals surface area contributed by atoms with E-state index in [2.05, 4.69) is 0 Å². The molecular formula is C31H36O12S. The maximum absolute atomic E-state index is 13.8. The molecule has 1 saturated carbocycles. The van der Waals surface area contributed by atoms with Crippen molar-refractivity contribution < 1.29 is 56.9 Å². The highest BCUT2D eigenvalue weighted by atomic mass is 32.2. The number of carbonyl (C=O) groups excluding carboxylic acids is 3. The summed E-state index contributed by atoms with van der Waals surface area (Å²) in [6, 6.07) is 4.42. The van der Waals surface area contributed by atoms with Gasteiger partial charge in [0, 0.05) is 29.5 Å². The molecule has 12 nitrogen and oxygen atoms in total. The zero-order valence-electron chi connectivity index (χ0n) is 24.8. The van der Waals surface area contributed by atoms with Gasteiger partial charge >= 0.3 is 0 Å². The zero-order valence-corrected chi connectivity index (χ0v) is 25.6. The van der Waals surface area contributed by atoms with Crippen LogP contribution in [0.4, 0.5) is 0 Å². The second kappa shape index (κ2) is 11.5. The van der Waals surface area contributed by atoms with Crippen LogP contribution < -0.4 is 4.74 Å². The molecule has 13 heteroatoms. The van der Waals surface area contributed by atoms with Crippen molar-refractivity contribution in [2.75, 3.05) is 20.0 Å². The van der Waals surface area contributed by atoms with E-state index < -0.39 is 86.3 Å². The van der Waals surface area contributed by atoms with Gasteiger partial charge in [-0.25, -0.2) is 0 Å². The van der Waals surface area contributed by atoms with Crippen molar-refractivity contribution >= 4 is 27.5 Å². The number of ether oxygens (including phenoxy) is 2. The Labute approximate surface area is 254 Å². The third-order valence-electron chi connectivity index (χ3n) is 9.14. The van der Waals surface area contributed by atoms with E-state index >= 15 is 0 Å². The summed E-state index contributed by atoms with van der Waals surface area (Å²) in [5.74, 6) is -3.89. The Kier molecular flexibility index (Phi) is 8.40. The molecule has 44 heavy (non-hydrogen) atoms. The Morgan fingerprint density at radius 2 is 1.75 bits per heavy atom. The molecule has 0 radical (unpaired) electrons. The first-order valence-corrected chi connectivity index (χ1v) is 16.2. The van der Waals surface area contributed by atoms with Gasteiger partial charge in [-0.05, 0) is 44.1 Å². The summed E-state index contributed by atoms with van der Waals surface area (Å²) in [4.78, 5) is 40.1. The van der Waals surface area contributed by atoms with Gasteiger partial charge in [0.05, 0.1) is 55.0 Å². The Morgan fingerprint density at radius 3 is 2.39 bits per heavy atom. The maximum atomic E-state index is 13.8. The Hall–Kier alpha value is -3.36. The molecule has 0 aliphatic heterocycles. The van der Waals surface area contributed by atoms with E-state index in [1.807, 2.05) is 0 Å². The van der Waals surface area contributed by atoms with E-state index in [0.717, 1.165) is 6.26 Å². The number of hydrogen-bond acceptors (Lipinski definition) is 12. The van der Waals surface area contributed by atoms with Crippen LogP contribution in [-0.2, 0) is 30.3 Å². The predicted molar refractivity (Wildman–Crippen MR) is 155 cm³/mol. The molecule has 6 atom stereocenters. The quantitative estimate of drug-likeness (QED) is 0.210. The molecular weight excluding hydrogens is 596 g/mol. The van der Waals surface area contributed by atoms with Gasteiger partial charge in [-0.15, -0.1) is 0 Å². The lowest BCUT2D eigenvalue weighted by Crippen LogP contribution is -2.46. The van der Waals surface area contributed by atoms with Crippen molar-refractivity contribution in [3.63, 3.8) is 0 Å². The molecule has 4 N–H and O–H groups in total. The molecule has 0 saturated heterocycles. The van der Waals surface area contributed by atoms with Gasteiger partial charge in [-0.3, -0.25) is 18.6 Å². The summed E-state index contributed by atoms with van der Waals surface area (Å²) in [6.07, 6.45) is -1.51. The molecule has 1 fully saturated rings. The van der Waals surface area contributed by atoms with Crippen LogP contribution in [0, 0.1) is 11.8 Å². The van der Waals surface area contributed by atoms with Crippen LogP contribution in [0.15, 0.2) is 18.2 Å². The number of rotatable bonds is 8. The largest absolute Gasteiger partial charge is 0.507 e. The van der Waals surface area contributed by atoms with Crippen molar-refractivity contribution in [3.05, 3.63) is 51.6 Å². The van der Waals surface area contributed by atoms with Gasteiger partial charge in [0.15, 0.2) is 11.6 Å². The van der Waals surface area contributed by atoms with E-state index in [1.54, 1.807) is 6.92 Å². The minimum Gasteiger partial charge on any atom is -0.507 e. The van der Waals surface area contributed by atoms with Gasteiger partial charge in [-0.1, -0.05) is 19.1 Å². The second-order valence-corrected chi connectivity index (χ2v) is 13.8. The maximum Gasteiger partial charge on any atom is 0.264 e. The molecule has 0 bridgehead atoms. The van der Waals surface area contributed by atoms with Gasteiger partial charge < -0.3 is 29.9 Å². The monoisotopic (exact) mass is 632 g/mol. The first kappa shape index (κ1) is 32.0. The molecule has 0 aromatic heterocycles. The second-order valence-electron chi connectivity index (χ2n) is 12.1. The molecule has 2 aromatic rings. The SMILES string of the molecule is COc1cccc2c1C(=O)c1c(O)c3c(c(O)c1C2=O)C[C@@](O)(C(C)=O)C[C@@H]3OC1CC(C)C(O)C(CCOS(C)(=O)=O)C1. The topological polar surface area (TPSA) is 194 Å². The van der Waals surface area contributed by atoms with E-state index in [-0.39, 0.29) is 59.8 Å². The number of hydrogen-bond donors (Lipinski definition) is 4. The van der Waals surface area contributed by atoms with Crippen LogP contribution in [0.25, 0.3) is 0 Å². The van der Waals surface area contributed by atoms with Crippen LogP contribution in [0.1, 0.15) is 88.6 Å². The predicted octanol–water partition coefficient (Wildman–Crippen LogP) is 2.35. The van der Waals surface area contributed by atoms with E-state index in [9.17, 15) is 43.2 Å². The van der Waals surface area contributed by atoms with Gasteiger partial charge in [0.25, 0.3) is 10.1 Å². The van der Waals surface area contributed by atoms with Crippen molar-refractivity contribution in [1.29, 1.82) is 0 Å². The number of aliphatic hydroxyl groups is 2.